The summed E-state index contributed by atoms with van der Waals surface area (Å²) < 4.78 is 50.8. The quantitative estimate of drug-likeness (QED) is 0.698. The topological polar surface area (TPSA) is 3.24 Å². The van der Waals surface area contributed by atoms with Crippen LogP contribution in [0, 0.1) is 0 Å². The molecule has 0 aliphatic carbocycles. The summed E-state index contributed by atoms with van der Waals surface area (Å²) in [5.74, 6) is 0. The van der Waals surface area contributed by atoms with Crippen molar-refractivity contribution in [2.75, 3.05) is 18.0 Å². The summed E-state index contributed by atoms with van der Waals surface area (Å²) in [6.45, 7) is 0.568. The van der Waals surface area contributed by atoms with Crippen LogP contribution in [0.3, 0.4) is 0 Å². The second-order valence-corrected chi connectivity index (χ2v) is 4.40. The van der Waals surface area contributed by atoms with E-state index in [1.165, 1.54) is 12.1 Å². The van der Waals surface area contributed by atoms with Crippen LogP contribution in [0.4, 0.5) is 23.2 Å². The largest absolute Gasteiger partial charge is 0.417 e. The predicted molar refractivity (Wildman–Crippen MR) is 58.2 cm³/mol. The first-order chi connectivity index (χ1) is 7.88. The van der Waals surface area contributed by atoms with E-state index in [0.717, 1.165) is 6.07 Å². The molecule has 1 aromatic carbocycles. The lowest BCUT2D eigenvalue weighted by Gasteiger charge is -2.19. The molecule has 6 heteroatoms. The molecule has 2 rings (SSSR count). The number of hydrogen-bond acceptors (Lipinski definition) is 1. The first-order valence-corrected chi connectivity index (χ1v) is 5.51. The van der Waals surface area contributed by atoms with Crippen molar-refractivity contribution in [3.63, 3.8) is 0 Å². The normalized spacial score (nSPS) is 21.0. The molecule has 0 saturated carbocycles. The van der Waals surface area contributed by atoms with Crippen molar-refractivity contribution in [3.05, 3.63) is 28.8 Å². The summed E-state index contributed by atoms with van der Waals surface area (Å²) in [5, 5.41) is -0.336. The van der Waals surface area contributed by atoms with Crippen LogP contribution in [0.25, 0.3) is 0 Å². The fourth-order valence-electron chi connectivity index (χ4n) is 1.88. The molecule has 0 radical (unpaired) electrons. The third-order valence-corrected chi connectivity index (χ3v) is 3.08. The predicted octanol–water partition coefficient (Wildman–Crippen LogP) is 3.91. The van der Waals surface area contributed by atoms with E-state index in [9.17, 15) is 17.6 Å². The van der Waals surface area contributed by atoms with Gasteiger partial charge >= 0.3 is 6.18 Å². The van der Waals surface area contributed by atoms with Crippen molar-refractivity contribution >= 4 is 17.3 Å². The third-order valence-electron chi connectivity index (χ3n) is 2.75. The van der Waals surface area contributed by atoms with E-state index in [1.807, 2.05) is 0 Å². The Labute approximate surface area is 101 Å². The number of nitrogens with zero attached hydrogens (tertiary/aromatic N) is 1. The molecule has 0 aromatic heterocycles. The first kappa shape index (κ1) is 12.5. The van der Waals surface area contributed by atoms with Crippen LogP contribution in [0.2, 0.25) is 5.02 Å². The zero-order chi connectivity index (χ0) is 12.6. The monoisotopic (exact) mass is 267 g/mol. The Morgan fingerprint density at radius 3 is 2.53 bits per heavy atom. The van der Waals surface area contributed by atoms with Gasteiger partial charge in [0, 0.05) is 18.8 Å². The van der Waals surface area contributed by atoms with E-state index >= 15 is 0 Å². The minimum Gasteiger partial charge on any atom is -0.368 e. The minimum atomic E-state index is -4.48. The van der Waals surface area contributed by atoms with Gasteiger partial charge in [-0.05, 0) is 24.6 Å². The Balaban J connectivity index is 2.31. The van der Waals surface area contributed by atoms with E-state index in [2.05, 4.69) is 0 Å². The lowest BCUT2D eigenvalue weighted by molar-refractivity contribution is -0.137. The smallest absolute Gasteiger partial charge is 0.368 e. The molecule has 17 heavy (non-hydrogen) atoms. The van der Waals surface area contributed by atoms with Gasteiger partial charge in [0.25, 0.3) is 0 Å². The number of alkyl halides is 4. The van der Waals surface area contributed by atoms with E-state index < -0.39 is 17.9 Å². The minimum absolute atomic E-state index is 0.138. The van der Waals surface area contributed by atoms with Gasteiger partial charge in [0.05, 0.1) is 10.6 Å². The fourth-order valence-corrected chi connectivity index (χ4v) is 2.10. The molecule has 0 N–H and O–H groups in total. The molecule has 1 nitrogen and oxygen atoms in total. The second-order valence-electron chi connectivity index (χ2n) is 3.99. The summed E-state index contributed by atoms with van der Waals surface area (Å²) in [7, 11) is 0. The van der Waals surface area contributed by atoms with Crippen molar-refractivity contribution < 1.29 is 17.6 Å². The van der Waals surface area contributed by atoms with Crippen LogP contribution in [0.5, 0.6) is 0 Å². The average molecular weight is 268 g/mol. The van der Waals surface area contributed by atoms with E-state index in [0.29, 0.717) is 18.7 Å². The average Bonchev–Trinajstić information content (AvgIpc) is 2.64. The van der Waals surface area contributed by atoms with E-state index in [1.54, 1.807) is 4.90 Å². The van der Waals surface area contributed by atoms with E-state index in [-0.39, 0.29) is 11.6 Å². The summed E-state index contributed by atoms with van der Waals surface area (Å²) in [6, 6.07) is 3.65. The van der Waals surface area contributed by atoms with Crippen molar-refractivity contribution in [2.24, 2.45) is 0 Å². The van der Waals surface area contributed by atoms with Crippen LogP contribution in [0.15, 0.2) is 18.2 Å². The van der Waals surface area contributed by atoms with Crippen LogP contribution in [-0.2, 0) is 6.18 Å². The van der Waals surface area contributed by atoms with Gasteiger partial charge in [0.1, 0.15) is 6.17 Å². The van der Waals surface area contributed by atoms with Gasteiger partial charge in [-0.2, -0.15) is 13.2 Å². The number of rotatable bonds is 1. The van der Waals surface area contributed by atoms with E-state index in [4.69, 9.17) is 11.6 Å². The maximum absolute atomic E-state index is 13.0. The number of halogens is 5. The highest BCUT2D eigenvalue weighted by Crippen LogP contribution is 2.37. The molecule has 1 saturated heterocycles. The Bertz CT molecular complexity index is 418. The van der Waals surface area contributed by atoms with Crippen molar-refractivity contribution in [2.45, 2.75) is 18.8 Å². The highest BCUT2D eigenvalue weighted by atomic mass is 35.5. The highest BCUT2D eigenvalue weighted by Gasteiger charge is 2.34. The molecule has 0 spiro atoms. The SMILES string of the molecule is FC1CCN(c2ccc(Cl)c(C(F)(F)F)c2)C1. The fraction of sp³-hybridized carbons (Fsp3) is 0.455. The lowest BCUT2D eigenvalue weighted by atomic mass is 10.2. The molecule has 1 aromatic rings. The highest BCUT2D eigenvalue weighted by molar-refractivity contribution is 6.31. The lowest BCUT2D eigenvalue weighted by Crippen LogP contribution is -2.20. The molecule has 94 valence electrons. The molecule has 1 unspecified atom stereocenters. The summed E-state index contributed by atoms with van der Waals surface area (Å²) in [6.07, 6.45) is -5.11. The Morgan fingerprint density at radius 2 is 2.00 bits per heavy atom. The first-order valence-electron chi connectivity index (χ1n) is 5.13. The number of anilines is 1. The van der Waals surface area contributed by atoms with Crippen molar-refractivity contribution in [1.82, 2.24) is 0 Å². The molecule has 1 aliphatic rings. The van der Waals surface area contributed by atoms with Gasteiger partial charge in [-0.1, -0.05) is 11.6 Å². The van der Waals surface area contributed by atoms with Crippen molar-refractivity contribution in [1.29, 1.82) is 0 Å². The molecular formula is C11H10ClF4N. The number of hydrogen-bond donors (Lipinski definition) is 0. The van der Waals surface area contributed by atoms with Gasteiger partial charge < -0.3 is 4.90 Å². The zero-order valence-corrected chi connectivity index (χ0v) is 9.52. The summed E-state index contributed by atoms with van der Waals surface area (Å²) in [5.41, 5.74) is -0.513. The van der Waals surface area contributed by atoms with Crippen LogP contribution in [-0.4, -0.2) is 19.3 Å². The Morgan fingerprint density at radius 1 is 1.29 bits per heavy atom. The van der Waals surface area contributed by atoms with Crippen molar-refractivity contribution in [3.8, 4) is 0 Å². The molecule has 1 heterocycles. The second kappa shape index (κ2) is 4.37. The maximum atomic E-state index is 13.0. The molecule has 0 bridgehead atoms. The maximum Gasteiger partial charge on any atom is 0.417 e. The third kappa shape index (κ3) is 2.65. The molecule has 1 fully saturated rings. The molecule has 1 aliphatic heterocycles. The van der Waals surface area contributed by atoms with Crippen LogP contribution < -0.4 is 4.90 Å². The molecule has 0 amide bonds. The van der Waals surface area contributed by atoms with Gasteiger partial charge in [-0.15, -0.1) is 0 Å². The van der Waals surface area contributed by atoms with Gasteiger partial charge in [0.15, 0.2) is 0 Å². The van der Waals surface area contributed by atoms with Crippen LogP contribution >= 0.6 is 11.6 Å². The van der Waals surface area contributed by atoms with Gasteiger partial charge in [0.2, 0.25) is 0 Å². The molecular weight excluding hydrogens is 258 g/mol. The van der Waals surface area contributed by atoms with Crippen LogP contribution in [0.1, 0.15) is 12.0 Å². The van der Waals surface area contributed by atoms with Gasteiger partial charge in [-0.25, -0.2) is 4.39 Å². The Kier molecular flexibility index (Phi) is 3.21. The van der Waals surface area contributed by atoms with Gasteiger partial charge in [-0.3, -0.25) is 0 Å². The standard InChI is InChI=1S/C11H10ClF4N/c12-10-2-1-8(5-9(10)11(14,15)16)17-4-3-7(13)6-17/h1-2,5,7H,3-4,6H2. The Hall–Kier alpha value is -0.970. The molecule has 1 atom stereocenters. The summed E-state index contributed by atoms with van der Waals surface area (Å²) in [4.78, 5) is 1.59. The summed E-state index contributed by atoms with van der Waals surface area (Å²) >= 11 is 5.50. The zero-order valence-electron chi connectivity index (χ0n) is 8.77. The number of benzene rings is 1.